The zero-order chi connectivity index (χ0) is 22.7. The van der Waals surface area contributed by atoms with Gasteiger partial charge in [0, 0.05) is 30.9 Å². The van der Waals surface area contributed by atoms with E-state index in [2.05, 4.69) is 0 Å². The molecule has 4 rings (SSSR count). The van der Waals surface area contributed by atoms with Gasteiger partial charge in [-0.1, -0.05) is 43.3 Å². The Kier molecular flexibility index (Phi) is 6.60. The van der Waals surface area contributed by atoms with Gasteiger partial charge in [-0.3, -0.25) is 4.79 Å². The lowest BCUT2D eigenvalue weighted by atomic mass is 10.1. The van der Waals surface area contributed by atoms with Crippen LogP contribution in [0.15, 0.2) is 65.6 Å². The summed E-state index contributed by atoms with van der Waals surface area (Å²) in [6, 6.07) is 18.9. The number of morpholine rings is 1. The Labute approximate surface area is 189 Å². The Morgan fingerprint density at radius 2 is 1.69 bits per heavy atom. The van der Waals surface area contributed by atoms with Crippen LogP contribution in [0, 0.1) is 0 Å². The van der Waals surface area contributed by atoms with Crippen molar-refractivity contribution in [2.45, 2.75) is 25.2 Å². The first kappa shape index (κ1) is 22.5. The second-order valence-electron chi connectivity index (χ2n) is 7.77. The summed E-state index contributed by atoms with van der Waals surface area (Å²) < 4.78 is 33.4. The molecule has 168 valence electrons. The van der Waals surface area contributed by atoms with Crippen LogP contribution in [0.1, 0.15) is 29.8 Å². The van der Waals surface area contributed by atoms with Crippen molar-refractivity contribution in [2.75, 3.05) is 37.7 Å². The van der Waals surface area contributed by atoms with Crippen molar-refractivity contribution in [3.8, 4) is 0 Å². The lowest BCUT2D eigenvalue weighted by molar-refractivity contribution is 0.0730. The van der Waals surface area contributed by atoms with Gasteiger partial charge in [0.25, 0.3) is 5.91 Å². The molecule has 0 spiro atoms. The summed E-state index contributed by atoms with van der Waals surface area (Å²) in [6.07, 6.45) is 0.565. The lowest BCUT2D eigenvalue weighted by Gasteiger charge is -2.27. The highest BCUT2D eigenvalue weighted by atomic mass is 32.2. The average molecular weight is 453 g/mol. The average Bonchev–Trinajstić information content (AvgIpc) is 2.84. The molecule has 1 saturated heterocycles. The summed E-state index contributed by atoms with van der Waals surface area (Å²) in [5, 5.41) is 2.15. The molecular formula is C25H28N2O4S. The zero-order valence-corrected chi connectivity index (χ0v) is 19.3. The molecule has 0 unspecified atom stereocenters. The number of carbonyl (C=O) groups excluding carboxylic acids is 1. The molecule has 1 amide bonds. The van der Waals surface area contributed by atoms with Gasteiger partial charge < -0.3 is 9.64 Å². The molecule has 1 aliphatic rings. The molecule has 0 aliphatic carbocycles. The Balaban J connectivity index is 1.71. The molecule has 0 aromatic heterocycles. The second kappa shape index (κ2) is 9.40. The van der Waals surface area contributed by atoms with Gasteiger partial charge in [0.05, 0.1) is 18.1 Å². The highest BCUT2D eigenvalue weighted by Gasteiger charge is 2.29. The largest absolute Gasteiger partial charge is 0.379 e. The van der Waals surface area contributed by atoms with Gasteiger partial charge in [0.2, 0.25) is 10.0 Å². The van der Waals surface area contributed by atoms with E-state index in [1.807, 2.05) is 56.3 Å². The maximum absolute atomic E-state index is 13.5. The first-order valence-electron chi connectivity index (χ1n) is 11.0. The van der Waals surface area contributed by atoms with Crippen molar-refractivity contribution in [1.29, 1.82) is 0 Å². The molecule has 32 heavy (non-hydrogen) atoms. The summed E-state index contributed by atoms with van der Waals surface area (Å²) in [5.74, 6) is -0.219. The third-order valence-electron chi connectivity index (χ3n) is 5.89. The molecule has 6 nitrogen and oxygen atoms in total. The molecule has 3 aromatic rings. The smallest absolute Gasteiger partial charge is 0.258 e. The van der Waals surface area contributed by atoms with E-state index in [0.29, 0.717) is 50.4 Å². The normalized spacial score (nSPS) is 15.1. The standard InChI is InChI=1S/C25H28N2O4S/c1-3-19-9-10-22(18-24(19)32(29,30)26-13-15-31-16-14-26)25(28)27(4-2)23-12-11-20-7-5-6-8-21(20)17-23/h5-12,17-18H,3-4,13-16H2,1-2H3. The van der Waals surface area contributed by atoms with E-state index in [-0.39, 0.29) is 10.8 Å². The van der Waals surface area contributed by atoms with Gasteiger partial charge in [0.15, 0.2) is 0 Å². The molecule has 0 radical (unpaired) electrons. The number of anilines is 1. The van der Waals surface area contributed by atoms with Crippen molar-refractivity contribution in [3.05, 3.63) is 71.8 Å². The number of amides is 1. The molecule has 1 heterocycles. The topological polar surface area (TPSA) is 66.9 Å². The van der Waals surface area contributed by atoms with E-state index < -0.39 is 10.0 Å². The van der Waals surface area contributed by atoms with E-state index in [9.17, 15) is 13.2 Å². The number of sulfonamides is 1. The Morgan fingerprint density at radius 3 is 2.38 bits per heavy atom. The number of benzene rings is 3. The number of rotatable bonds is 6. The van der Waals surface area contributed by atoms with E-state index in [1.54, 1.807) is 17.0 Å². The molecule has 3 aromatic carbocycles. The number of ether oxygens (including phenoxy) is 1. The summed E-state index contributed by atoms with van der Waals surface area (Å²) in [6.45, 7) is 5.71. The van der Waals surface area contributed by atoms with Gasteiger partial charge in [-0.15, -0.1) is 0 Å². The van der Waals surface area contributed by atoms with Gasteiger partial charge in [-0.05, 0) is 53.9 Å². The van der Waals surface area contributed by atoms with Gasteiger partial charge in [-0.2, -0.15) is 4.31 Å². The van der Waals surface area contributed by atoms with Crippen LogP contribution < -0.4 is 4.90 Å². The molecule has 0 atom stereocenters. The fourth-order valence-corrected chi connectivity index (χ4v) is 5.82. The number of nitrogens with zero attached hydrogens (tertiary/aromatic N) is 2. The first-order chi connectivity index (χ1) is 15.5. The minimum absolute atomic E-state index is 0.210. The SMILES string of the molecule is CCc1ccc(C(=O)N(CC)c2ccc3ccccc3c2)cc1S(=O)(=O)N1CCOCC1. The minimum Gasteiger partial charge on any atom is -0.379 e. The Bertz CT molecular complexity index is 1230. The van der Waals surface area contributed by atoms with Crippen molar-refractivity contribution >= 4 is 32.4 Å². The highest BCUT2D eigenvalue weighted by molar-refractivity contribution is 7.89. The number of hydrogen-bond acceptors (Lipinski definition) is 4. The van der Waals surface area contributed by atoms with Crippen LogP contribution in [0.2, 0.25) is 0 Å². The molecule has 0 N–H and O–H groups in total. The molecule has 1 fully saturated rings. The van der Waals surface area contributed by atoms with Crippen LogP contribution in [0.5, 0.6) is 0 Å². The van der Waals surface area contributed by atoms with E-state index in [1.165, 1.54) is 10.4 Å². The summed E-state index contributed by atoms with van der Waals surface area (Å²) in [7, 11) is -3.70. The maximum atomic E-state index is 13.5. The van der Waals surface area contributed by atoms with Crippen LogP contribution in [0.4, 0.5) is 5.69 Å². The minimum atomic E-state index is -3.70. The van der Waals surface area contributed by atoms with Crippen molar-refractivity contribution in [3.63, 3.8) is 0 Å². The summed E-state index contributed by atoms with van der Waals surface area (Å²) in [4.78, 5) is 15.4. The van der Waals surface area contributed by atoms with Gasteiger partial charge in [0.1, 0.15) is 0 Å². The molecule has 7 heteroatoms. The monoisotopic (exact) mass is 452 g/mol. The van der Waals surface area contributed by atoms with Crippen LogP contribution >= 0.6 is 0 Å². The highest BCUT2D eigenvalue weighted by Crippen LogP contribution is 2.27. The van der Waals surface area contributed by atoms with Gasteiger partial charge >= 0.3 is 0 Å². The van der Waals surface area contributed by atoms with Crippen LogP contribution in [0.25, 0.3) is 10.8 Å². The number of aryl methyl sites for hydroxylation is 1. The molecule has 1 aliphatic heterocycles. The van der Waals surface area contributed by atoms with Gasteiger partial charge in [-0.25, -0.2) is 8.42 Å². The molecule has 0 bridgehead atoms. The zero-order valence-electron chi connectivity index (χ0n) is 18.5. The number of carbonyl (C=O) groups is 1. The first-order valence-corrected chi connectivity index (χ1v) is 12.4. The van der Waals surface area contributed by atoms with Crippen molar-refractivity contribution in [1.82, 2.24) is 4.31 Å². The van der Waals surface area contributed by atoms with E-state index in [0.717, 1.165) is 16.5 Å². The van der Waals surface area contributed by atoms with Crippen molar-refractivity contribution < 1.29 is 17.9 Å². The fraction of sp³-hybridized carbons (Fsp3) is 0.320. The predicted octanol–water partition coefficient (Wildman–Crippen LogP) is 4.09. The Hall–Kier alpha value is -2.74. The second-order valence-corrected chi connectivity index (χ2v) is 9.68. The molecular weight excluding hydrogens is 424 g/mol. The fourth-order valence-electron chi connectivity index (χ4n) is 4.09. The summed E-state index contributed by atoms with van der Waals surface area (Å²) in [5.41, 5.74) is 1.86. The van der Waals surface area contributed by atoms with E-state index >= 15 is 0 Å². The van der Waals surface area contributed by atoms with Crippen LogP contribution in [0.3, 0.4) is 0 Å². The Morgan fingerprint density at radius 1 is 0.969 bits per heavy atom. The van der Waals surface area contributed by atoms with E-state index in [4.69, 9.17) is 4.74 Å². The quantitative estimate of drug-likeness (QED) is 0.565. The predicted molar refractivity (Wildman–Crippen MR) is 127 cm³/mol. The third-order valence-corrected chi connectivity index (χ3v) is 7.87. The number of hydrogen-bond donors (Lipinski definition) is 0. The molecule has 0 saturated carbocycles. The third kappa shape index (κ3) is 4.28. The maximum Gasteiger partial charge on any atom is 0.258 e. The summed E-state index contributed by atoms with van der Waals surface area (Å²) >= 11 is 0. The van der Waals surface area contributed by atoms with Crippen molar-refractivity contribution in [2.24, 2.45) is 0 Å². The lowest BCUT2D eigenvalue weighted by Crippen LogP contribution is -2.41. The van der Waals surface area contributed by atoms with Crippen LogP contribution in [-0.2, 0) is 21.2 Å². The number of fused-ring (bicyclic) bond motifs is 1. The van der Waals surface area contributed by atoms with Crippen LogP contribution in [-0.4, -0.2) is 51.5 Å².